The molecule has 0 radical (unpaired) electrons. The number of amides is 1. The van der Waals surface area contributed by atoms with Gasteiger partial charge in [0.25, 0.3) is 5.91 Å². The van der Waals surface area contributed by atoms with E-state index in [4.69, 9.17) is 22.1 Å². The van der Waals surface area contributed by atoms with Crippen LogP contribution in [0, 0.1) is 0 Å². The molecule has 2 heterocycles. The Kier molecular flexibility index (Phi) is 4.81. The van der Waals surface area contributed by atoms with Gasteiger partial charge >= 0.3 is 5.97 Å². The molecular weight excluding hydrogens is 364 g/mol. The standard InChI is InChI=1S/C15H12N4O4S2/c1-23-11-4-2-3-10(6-11)19-7-9(16-17-19)5-12-14(22)18(8-13(20)21)15(24)25-12/h2-7H,8H2,1H3,(H,20,21)/b12-5-. The summed E-state index contributed by atoms with van der Waals surface area (Å²) in [6.45, 7) is -0.460. The van der Waals surface area contributed by atoms with Crippen molar-refractivity contribution in [2.24, 2.45) is 0 Å². The van der Waals surface area contributed by atoms with Crippen LogP contribution in [-0.2, 0) is 9.59 Å². The van der Waals surface area contributed by atoms with E-state index in [1.54, 1.807) is 24.1 Å². The minimum Gasteiger partial charge on any atom is -0.497 e. The number of carboxylic acid groups (broad SMARTS) is 1. The summed E-state index contributed by atoms with van der Waals surface area (Å²) in [7, 11) is 1.57. The van der Waals surface area contributed by atoms with Crippen LogP contribution in [0.1, 0.15) is 5.69 Å². The van der Waals surface area contributed by atoms with Crippen LogP contribution in [0.3, 0.4) is 0 Å². The van der Waals surface area contributed by atoms with Crippen LogP contribution in [-0.4, -0.2) is 54.9 Å². The molecule has 1 saturated heterocycles. The maximum atomic E-state index is 12.2. The van der Waals surface area contributed by atoms with Crippen molar-refractivity contribution in [2.75, 3.05) is 13.7 Å². The third kappa shape index (κ3) is 3.69. The number of methoxy groups -OCH3 is 1. The van der Waals surface area contributed by atoms with Gasteiger partial charge in [-0.2, -0.15) is 0 Å². The Labute approximate surface area is 152 Å². The van der Waals surface area contributed by atoms with Gasteiger partial charge in [0, 0.05) is 6.07 Å². The van der Waals surface area contributed by atoms with Gasteiger partial charge in [0.05, 0.1) is 23.9 Å². The molecule has 0 saturated carbocycles. The molecule has 25 heavy (non-hydrogen) atoms. The summed E-state index contributed by atoms with van der Waals surface area (Å²) >= 11 is 6.09. The van der Waals surface area contributed by atoms with Crippen LogP contribution in [0.25, 0.3) is 11.8 Å². The molecular formula is C15H12N4O4S2. The van der Waals surface area contributed by atoms with Crippen LogP contribution < -0.4 is 4.74 Å². The minimum absolute atomic E-state index is 0.207. The number of carboxylic acids is 1. The molecule has 1 aliphatic heterocycles. The van der Waals surface area contributed by atoms with E-state index in [0.717, 1.165) is 22.3 Å². The molecule has 3 rings (SSSR count). The van der Waals surface area contributed by atoms with Gasteiger partial charge in [0.15, 0.2) is 0 Å². The molecule has 0 unspecified atom stereocenters. The lowest BCUT2D eigenvalue weighted by molar-refractivity contribution is -0.140. The zero-order valence-electron chi connectivity index (χ0n) is 12.9. The Balaban J connectivity index is 1.83. The first-order valence-corrected chi connectivity index (χ1v) is 8.24. The summed E-state index contributed by atoms with van der Waals surface area (Å²) in [4.78, 5) is 24.4. The molecule has 2 aromatic rings. The molecule has 0 aliphatic carbocycles. The highest BCUT2D eigenvalue weighted by Crippen LogP contribution is 2.32. The Morgan fingerprint density at radius 1 is 1.48 bits per heavy atom. The first-order valence-electron chi connectivity index (χ1n) is 7.02. The number of hydrogen-bond donors (Lipinski definition) is 1. The number of nitrogens with zero attached hydrogens (tertiary/aromatic N) is 4. The second kappa shape index (κ2) is 7.03. The average molecular weight is 376 g/mol. The molecule has 10 heteroatoms. The molecule has 0 bridgehead atoms. The third-order valence-corrected chi connectivity index (χ3v) is 4.65. The first kappa shape index (κ1) is 17.1. The lowest BCUT2D eigenvalue weighted by Gasteiger charge is -2.09. The van der Waals surface area contributed by atoms with Gasteiger partial charge in [0.2, 0.25) is 0 Å². The summed E-state index contributed by atoms with van der Waals surface area (Å²) in [5, 5.41) is 16.9. The first-order chi connectivity index (χ1) is 12.0. The predicted molar refractivity (Wildman–Crippen MR) is 95.4 cm³/mol. The number of rotatable bonds is 5. The number of carbonyl (C=O) groups excluding carboxylic acids is 1. The van der Waals surface area contributed by atoms with Crippen molar-refractivity contribution in [2.45, 2.75) is 0 Å². The van der Waals surface area contributed by atoms with Crippen LogP contribution >= 0.6 is 24.0 Å². The Bertz CT molecular complexity index is 893. The van der Waals surface area contributed by atoms with Crippen molar-refractivity contribution < 1.29 is 19.4 Å². The molecule has 1 amide bonds. The van der Waals surface area contributed by atoms with Crippen LogP contribution in [0.5, 0.6) is 5.75 Å². The quantitative estimate of drug-likeness (QED) is 0.620. The number of thioether (sulfide) groups is 1. The van der Waals surface area contributed by atoms with Crippen LogP contribution in [0.15, 0.2) is 35.4 Å². The Morgan fingerprint density at radius 2 is 2.28 bits per heavy atom. The van der Waals surface area contributed by atoms with Crippen molar-refractivity contribution in [1.29, 1.82) is 0 Å². The lowest BCUT2D eigenvalue weighted by atomic mass is 10.3. The van der Waals surface area contributed by atoms with Gasteiger partial charge in [-0.1, -0.05) is 35.3 Å². The van der Waals surface area contributed by atoms with Gasteiger partial charge in [-0.05, 0) is 18.2 Å². The number of aliphatic carboxylic acids is 1. The third-order valence-electron chi connectivity index (χ3n) is 3.27. The number of benzene rings is 1. The fraction of sp³-hybridized carbons (Fsp3) is 0.133. The van der Waals surface area contributed by atoms with Gasteiger partial charge in [-0.3, -0.25) is 14.5 Å². The van der Waals surface area contributed by atoms with Gasteiger partial charge < -0.3 is 9.84 Å². The molecule has 1 aliphatic rings. The van der Waals surface area contributed by atoms with Crippen molar-refractivity contribution in [3.63, 3.8) is 0 Å². The highest BCUT2D eigenvalue weighted by Gasteiger charge is 2.33. The van der Waals surface area contributed by atoms with Crippen molar-refractivity contribution in [1.82, 2.24) is 19.9 Å². The molecule has 8 nitrogen and oxygen atoms in total. The molecule has 1 fully saturated rings. The predicted octanol–water partition coefficient (Wildman–Crippen LogP) is 1.56. The average Bonchev–Trinajstić information content (AvgIpc) is 3.15. The van der Waals surface area contributed by atoms with E-state index >= 15 is 0 Å². The van der Waals surface area contributed by atoms with Crippen molar-refractivity contribution in [3.8, 4) is 11.4 Å². The Morgan fingerprint density at radius 3 is 3.00 bits per heavy atom. The number of thiocarbonyl (C=S) groups is 1. The molecule has 1 aromatic heterocycles. The lowest BCUT2D eigenvalue weighted by Crippen LogP contribution is -2.33. The summed E-state index contributed by atoms with van der Waals surface area (Å²) in [6, 6.07) is 7.28. The van der Waals surface area contributed by atoms with Crippen LogP contribution in [0.2, 0.25) is 0 Å². The van der Waals surface area contributed by atoms with E-state index in [-0.39, 0.29) is 4.32 Å². The second-order valence-electron chi connectivity index (χ2n) is 4.95. The SMILES string of the molecule is COc1cccc(-n2cc(/C=C3\SC(=S)N(CC(=O)O)C3=O)nn2)c1. The summed E-state index contributed by atoms with van der Waals surface area (Å²) in [5.74, 6) is -0.890. The molecule has 0 atom stereocenters. The number of ether oxygens (including phenoxy) is 1. The van der Waals surface area contributed by atoms with E-state index in [0.29, 0.717) is 16.3 Å². The van der Waals surface area contributed by atoms with Crippen molar-refractivity contribution in [3.05, 3.63) is 41.1 Å². The maximum Gasteiger partial charge on any atom is 0.323 e. The van der Waals surface area contributed by atoms with E-state index in [9.17, 15) is 9.59 Å². The summed E-state index contributed by atoms with van der Waals surface area (Å²) in [5.41, 5.74) is 1.21. The van der Waals surface area contributed by atoms with Gasteiger partial charge in [0.1, 0.15) is 22.3 Å². The zero-order chi connectivity index (χ0) is 18.0. The topological polar surface area (TPSA) is 97.6 Å². The van der Waals surface area contributed by atoms with Gasteiger partial charge in [-0.15, -0.1) is 5.10 Å². The Hall–Kier alpha value is -2.72. The number of aromatic nitrogens is 3. The molecule has 1 aromatic carbocycles. The summed E-state index contributed by atoms with van der Waals surface area (Å²) in [6.07, 6.45) is 3.18. The number of carbonyl (C=O) groups is 2. The van der Waals surface area contributed by atoms with E-state index in [2.05, 4.69) is 10.3 Å². The van der Waals surface area contributed by atoms with E-state index < -0.39 is 18.4 Å². The van der Waals surface area contributed by atoms with Crippen molar-refractivity contribution >= 4 is 46.3 Å². The second-order valence-corrected chi connectivity index (χ2v) is 6.63. The van der Waals surface area contributed by atoms with E-state index in [1.807, 2.05) is 18.2 Å². The fourth-order valence-corrected chi connectivity index (χ4v) is 3.37. The number of hydrogen-bond acceptors (Lipinski definition) is 7. The molecule has 0 spiro atoms. The fourth-order valence-electron chi connectivity index (χ4n) is 2.13. The highest BCUT2D eigenvalue weighted by atomic mass is 32.2. The normalized spacial score (nSPS) is 15.9. The smallest absolute Gasteiger partial charge is 0.323 e. The van der Waals surface area contributed by atoms with Crippen LogP contribution in [0.4, 0.5) is 0 Å². The monoisotopic (exact) mass is 376 g/mol. The van der Waals surface area contributed by atoms with E-state index in [1.165, 1.54) is 6.08 Å². The molecule has 1 N–H and O–H groups in total. The minimum atomic E-state index is -1.12. The van der Waals surface area contributed by atoms with Gasteiger partial charge in [-0.25, -0.2) is 4.68 Å². The molecule has 128 valence electrons. The highest BCUT2D eigenvalue weighted by molar-refractivity contribution is 8.26. The largest absolute Gasteiger partial charge is 0.497 e. The summed E-state index contributed by atoms with van der Waals surface area (Å²) < 4.78 is 6.93. The zero-order valence-corrected chi connectivity index (χ0v) is 14.6. The maximum absolute atomic E-state index is 12.2.